The summed E-state index contributed by atoms with van der Waals surface area (Å²) in [6.45, 7) is 0. The molecule has 0 aliphatic heterocycles. The first kappa shape index (κ1) is 17.5. The van der Waals surface area contributed by atoms with E-state index in [4.69, 9.17) is 30.8 Å². The number of nitrogens with two attached hydrogens (primary N) is 3. The molecule has 0 unspecified atom stereocenters. The summed E-state index contributed by atoms with van der Waals surface area (Å²) in [4.78, 5) is 0. The Morgan fingerprint density at radius 2 is 0.885 bits per heavy atom. The summed E-state index contributed by atoms with van der Waals surface area (Å²) in [5.74, 6) is 0.711. The molecule has 3 aromatic carbocycles. The molecule has 3 rings (SSSR count). The number of benzene rings is 3. The number of rotatable bonds is 6. The van der Waals surface area contributed by atoms with Crippen molar-refractivity contribution in [3.8, 4) is 17.2 Å². The summed E-state index contributed by atoms with van der Waals surface area (Å²) in [6.07, 6.45) is 0. The first-order chi connectivity index (χ1) is 12.4. The minimum absolute atomic E-state index is 0.237. The van der Waals surface area contributed by atoms with E-state index in [1.807, 2.05) is 0 Å². The van der Waals surface area contributed by atoms with E-state index in [2.05, 4.69) is 0 Å². The van der Waals surface area contributed by atoms with E-state index in [0.29, 0.717) is 17.1 Å². The highest BCUT2D eigenvalue weighted by molar-refractivity contribution is 7.49. The Bertz CT molecular complexity index is 842. The van der Waals surface area contributed by atoms with E-state index in [1.165, 1.54) is 18.2 Å². The van der Waals surface area contributed by atoms with Crippen LogP contribution in [0.5, 0.6) is 17.2 Å². The summed E-state index contributed by atoms with van der Waals surface area (Å²) in [5, 5.41) is 0. The molecule has 0 fully saturated rings. The van der Waals surface area contributed by atoms with Crippen molar-refractivity contribution in [3.63, 3.8) is 0 Å². The largest absolute Gasteiger partial charge is 0.647 e. The van der Waals surface area contributed by atoms with Crippen molar-refractivity contribution in [2.75, 3.05) is 17.2 Å². The van der Waals surface area contributed by atoms with Crippen LogP contribution in [0.25, 0.3) is 0 Å². The van der Waals surface area contributed by atoms with Crippen LogP contribution in [-0.4, -0.2) is 0 Å². The lowest BCUT2D eigenvalue weighted by Crippen LogP contribution is -2.08. The summed E-state index contributed by atoms with van der Waals surface area (Å²) >= 11 is 0. The van der Waals surface area contributed by atoms with Gasteiger partial charge >= 0.3 is 7.82 Å². The molecular weight excluding hydrogens is 353 g/mol. The Labute approximate surface area is 150 Å². The van der Waals surface area contributed by atoms with Crippen LogP contribution in [-0.2, 0) is 4.57 Å². The predicted molar refractivity (Wildman–Crippen MR) is 102 cm³/mol. The first-order valence-electron chi connectivity index (χ1n) is 7.67. The third-order valence-electron chi connectivity index (χ3n) is 3.23. The standard InChI is InChI=1S/C18H18N3O4P/c19-13-4-1-7-16(10-13)23-26(22,24-17-8-2-5-14(20)11-17)25-18-9-3-6-15(21)12-18/h1-12H,19-21H2. The second kappa shape index (κ2) is 7.29. The van der Waals surface area contributed by atoms with Crippen molar-refractivity contribution in [2.24, 2.45) is 0 Å². The van der Waals surface area contributed by atoms with Gasteiger partial charge in [0.15, 0.2) is 0 Å². The van der Waals surface area contributed by atoms with Gasteiger partial charge in [0.2, 0.25) is 0 Å². The highest BCUT2D eigenvalue weighted by Crippen LogP contribution is 2.50. The highest BCUT2D eigenvalue weighted by atomic mass is 31.2. The second-order valence-corrected chi connectivity index (χ2v) is 6.88. The molecule has 0 saturated carbocycles. The molecule has 0 atom stereocenters. The number of hydrogen-bond donors (Lipinski definition) is 3. The zero-order chi connectivity index (χ0) is 18.6. The molecule has 6 N–H and O–H groups in total. The maximum absolute atomic E-state index is 13.3. The normalized spacial score (nSPS) is 10.9. The Morgan fingerprint density at radius 1 is 0.577 bits per heavy atom. The lowest BCUT2D eigenvalue weighted by molar-refractivity contribution is 0.298. The summed E-state index contributed by atoms with van der Waals surface area (Å²) in [5.41, 5.74) is 18.6. The molecule has 0 aliphatic rings. The van der Waals surface area contributed by atoms with E-state index >= 15 is 0 Å². The van der Waals surface area contributed by atoms with Crippen LogP contribution in [0.2, 0.25) is 0 Å². The third-order valence-corrected chi connectivity index (χ3v) is 4.53. The molecule has 7 nitrogen and oxygen atoms in total. The van der Waals surface area contributed by atoms with Gasteiger partial charge in [0.1, 0.15) is 17.2 Å². The maximum atomic E-state index is 13.3. The Hall–Kier alpha value is -3.31. The molecule has 8 heteroatoms. The van der Waals surface area contributed by atoms with E-state index < -0.39 is 7.82 Å². The van der Waals surface area contributed by atoms with Gasteiger partial charge in [-0.05, 0) is 36.4 Å². The van der Waals surface area contributed by atoms with E-state index in [0.717, 1.165) is 0 Å². The van der Waals surface area contributed by atoms with Crippen LogP contribution in [0, 0.1) is 0 Å². The van der Waals surface area contributed by atoms with Gasteiger partial charge in [-0.15, -0.1) is 0 Å². The van der Waals surface area contributed by atoms with Crippen LogP contribution >= 0.6 is 7.82 Å². The first-order valence-corrected chi connectivity index (χ1v) is 9.13. The van der Waals surface area contributed by atoms with Crippen molar-refractivity contribution in [2.45, 2.75) is 0 Å². The van der Waals surface area contributed by atoms with Crippen molar-refractivity contribution in [1.82, 2.24) is 0 Å². The Kier molecular flexibility index (Phi) is 4.91. The van der Waals surface area contributed by atoms with E-state index in [9.17, 15) is 4.57 Å². The van der Waals surface area contributed by atoms with Crippen LogP contribution < -0.4 is 30.8 Å². The lowest BCUT2D eigenvalue weighted by Gasteiger charge is -2.19. The van der Waals surface area contributed by atoms with Gasteiger partial charge in [-0.1, -0.05) is 18.2 Å². The second-order valence-electron chi connectivity index (χ2n) is 5.44. The molecule has 0 amide bonds. The van der Waals surface area contributed by atoms with Crippen LogP contribution in [0.15, 0.2) is 72.8 Å². The topological polar surface area (TPSA) is 123 Å². The molecule has 0 aromatic heterocycles. The van der Waals surface area contributed by atoms with E-state index in [-0.39, 0.29) is 17.2 Å². The molecule has 0 aliphatic carbocycles. The van der Waals surface area contributed by atoms with Crippen molar-refractivity contribution in [3.05, 3.63) is 72.8 Å². The van der Waals surface area contributed by atoms with Crippen molar-refractivity contribution < 1.29 is 18.1 Å². The van der Waals surface area contributed by atoms with Crippen LogP contribution in [0.1, 0.15) is 0 Å². The summed E-state index contributed by atoms with van der Waals surface area (Å²) in [7, 11) is -4.11. The summed E-state index contributed by atoms with van der Waals surface area (Å²) < 4.78 is 29.8. The van der Waals surface area contributed by atoms with Crippen LogP contribution in [0.4, 0.5) is 17.1 Å². The fourth-order valence-electron chi connectivity index (χ4n) is 2.16. The van der Waals surface area contributed by atoms with Gasteiger partial charge in [0.05, 0.1) is 0 Å². The maximum Gasteiger partial charge on any atom is 0.647 e. The van der Waals surface area contributed by atoms with Gasteiger partial charge in [-0.25, -0.2) is 0 Å². The van der Waals surface area contributed by atoms with Gasteiger partial charge in [-0.3, -0.25) is 0 Å². The fourth-order valence-corrected chi connectivity index (χ4v) is 3.38. The molecule has 26 heavy (non-hydrogen) atoms. The van der Waals surface area contributed by atoms with Gasteiger partial charge in [-0.2, -0.15) is 4.57 Å². The zero-order valence-corrected chi connectivity index (χ0v) is 14.6. The minimum atomic E-state index is -4.11. The fraction of sp³-hybridized carbons (Fsp3) is 0. The van der Waals surface area contributed by atoms with Crippen molar-refractivity contribution >= 4 is 24.9 Å². The number of anilines is 3. The third kappa shape index (κ3) is 4.62. The smallest absolute Gasteiger partial charge is 0.399 e. The van der Waals surface area contributed by atoms with Crippen molar-refractivity contribution in [1.29, 1.82) is 0 Å². The quantitative estimate of drug-likeness (QED) is 0.441. The molecule has 134 valence electrons. The average Bonchev–Trinajstić information content (AvgIpc) is 2.54. The van der Waals surface area contributed by atoms with Gasteiger partial charge < -0.3 is 30.8 Å². The molecule has 0 heterocycles. The van der Waals surface area contributed by atoms with Gasteiger partial charge in [0.25, 0.3) is 0 Å². The predicted octanol–water partition coefficient (Wildman–Crippen LogP) is 4.08. The Morgan fingerprint density at radius 3 is 1.15 bits per heavy atom. The highest BCUT2D eigenvalue weighted by Gasteiger charge is 2.33. The molecule has 0 bridgehead atoms. The van der Waals surface area contributed by atoms with Crippen LogP contribution in [0.3, 0.4) is 0 Å². The summed E-state index contributed by atoms with van der Waals surface area (Å²) in [6, 6.07) is 19.3. The Balaban J connectivity index is 1.92. The molecule has 0 saturated heterocycles. The monoisotopic (exact) mass is 371 g/mol. The van der Waals surface area contributed by atoms with E-state index in [1.54, 1.807) is 54.6 Å². The molecular formula is C18H18N3O4P. The molecule has 0 radical (unpaired) electrons. The molecule has 3 aromatic rings. The SMILES string of the molecule is Nc1cccc(OP(=O)(Oc2cccc(N)c2)Oc2cccc(N)c2)c1. The lowest BCUT2D eigenvalue weighted by atomic mass is 10.3. The average molecular weight is 371 g/mol. The van der Waals surface area contributed by atoms with Gasteiger partial charge in [0, 0.05) is 35.3 Å². The number of phosphoric acid groups is 1. The number of nitrogen functional groups attached to an aromatic ring is 3. The minimum Gasteiger partial charge on any atom is -0.399 e. The molecule has 0 spiro atoms. The number of hydrogen-bond acceptors (Lipinski definition) is 7. The number of phosphoric ester groups is 1. The zero-order valence-electron chi connectivity index (χ0n) is 13.7.